The summed E-state index contributed by atoms with van der Waals surface area (Å²) in [6.45, 7) is 2.16. The first-order valence-electron chi connectivity index (χ1n) is 12.1. The van der Waals surface area contributed by atoms with Crippen LogP contribution < -0.4 is 0 Å². The van der Waals surface area contributed by atoms with Crippen molar-refractivity contribution >= 4 is 0 Å². The fraction of sp³-hybridized carbons (Fsp3) is 0.917. The standard InChI is InChI=1S/C18H36O.C6H12O5/c1-2-3-4-5-6-7-8-9-10-11-12-13-14-15-16-17-18-19;7-1-3(8)6-5(10)4(9)2-11-6/h9-10,19H,2-8,11-18H2,1H3;3-10H,1-2H2/t;3-,4+,5-,6-/m.1/s1. The molecule has 0 saturated carbocycles. The van der Waals surface area contributed by atoms with Crippen LogP contribution in [0.15, 0.2) is 12.2 Å². The second kappa shape index (κ2) is 21.7. The molecule has 0 aliphatic carbocycles. The highest BCUT2D eigenvalue weighted by atomic mass is 16.5. The van der Waals surface area contributed by atoms with Gasteiger partial charge in [-0.15, -0.1) is 0 Å². The van der Waals surface area contributed by atoms with Gasteiger partial charge in [0.2, 0.25) is 0 Å². The number of hydrogen-bond donors (Lipinski definition) is 5. The molecular formula is C24H48O6. The Hall–Kier alpha value is -0.500. The lowest BCUT2D eigenvalue weighted by atomic mass is 10.1. The molecule has 0 bridgehead atoms. The molecule has 6 nitrogen and oxygen atoms in total. The van der Waals surface area contributed by atoms with E-state index in [0.717, 1.165) is 6.42 Å². The smallest absolute Gasteiger partial charge is 0.114 e. The second-order valence-corrected chi connectivity index (χ2v) is 8.27. The van der Waals surface area contributed by atoms with Crippen LogP contribution in [-0.2, 0) is 4.74 Å². The second-order valence-electron chi connectivity index (χ2n) is 8.27. The van der Waals surface area contributed by atoms with E-state index in [2.05, 4.69) is 19.1 Å². The van der Waals surface area contributed by atoms with E-state index in [-0.39, 0.29) is 6.61 Å². The average Bonchev–Trinajstić information content (AvgIpc) is 3.09. The van der Waals surface area contributed by atoms with E-state index in [9.17, 15) is 0 Å². The molecule has 1 aliphatic rings. The van der Waals surface area contributed by atoms with Crippen LogP contribution in [0.2, 0.25) is 0 Å². The Bertz CT molecular complexity index is 377. The van der Waals surface area contributed by atoms with E-state index >= 15 is 0 Å². The van der Waals surface area contributed by atoms with Gasteiger partial charge in [0, 0.05) is 6.61 Å². The molecule has 0 unspecified atom stereocenters. The van der Waals surface area contributed by atoms with Crippen molar-refractivity contribution in [2.45, 2.75) is 121 Å². The maximum absolute atomic E-state index is 9.11. The van der Waals surface area contributed by atoms with Gasteiger partial charge in [-0.25, -0.2) is 0 Å². The minimum atomic E-state index is -1.12. The molecule has 0 radical (unpaired) electrons. The summed E-state index contributed by atoms with van der Waals surface area (Å²) in [6.07, 6.45) is 19.2. The van der Waals surface area contributed by atoms with Gasteiger partial charge in [0.05, 0.1) is 13.2 Å². The summed E-state index contributed by atoms with van der Waals surface area (Å²) in [5.74, 6) is 0. The summed E-state index contributed by atoms with van der Waals surface area (Å²) in [6, 6.07) is 0. The van der Waals surface area contributed by atoms with E-state index in [0.29, 0.717) is 6.61 Å². The van der Waals surface area contributed by atoms with Crippen LogP contribution in [0.25, 0.3) is 0 Å². The van der Waals surface area contributed by atoms with Gasteiger partial charge in [0.25, 0.3) is 0 Å². The molecule has 1 aliphatic heterocycles. The molecule has 1 heterocycles. The quantitative estimate of drug-likeness (QED) is 0.178. The first kappa shape index (κ1) is 29.5. The Morgan fingerprint density at radius 2 is 1.30 bits per heavy atom. The molecule has 0 aromatic heterocycles. The van der Waals surface area contributed by atoms with Gasteiger partial charge in [-0.1, -0.05) is 76.9 Å². The highest BCUT2D eigenvalue weighted by molar-refractivity contribution is 4.87. The van der Waals surface area contributed by atoms with Crippen LogP contribution in [0, 0.1) is 0 Å². The summed E-state index contributed by atoms with van der Waals surface area (Å²) < 4.78 is 4.82. The van der Waals surface area contributed by atoms with E-state index in [1.807, 2.05) is 0 Å². The van der Waals surface area contributed by atoms with Crippen LogP contribution in [0.1, 0.15) is 96.8 Å². The van der Waals surface area contributed by atoms with Crippen molar-refractivity contribution < 1.29 is 30.3 Å². The molecule has 30 heavy (non-hydrogen) atoms. The summed E-state index contributed by atoms with van der Waals surface area (Å²) in [4.78, 5) is 0. The Labute approximate surface area is 184 Å². The minimum absolute atomic E-state index is 0.00287. The summed E-state index contributed by atoms with van der Waals surface area (Å²) in [7, 11) is 0. The van der Waals surface area contributed by atoms with Gasteiger partial charge in [-0.05, 0) is 32.1 Å². The van der Waals surface area contributed by atoms with Gasteiger partial charge in [0.1, 0.15) is 24.4 Å². The van der Waals surface area contributed by atoms with Crippen LogP contribution in [0.3, 0.4) is 0 Å². The molecule has 5 N–H and O–H groups in total. The van der Waals surface area contributed by atoms with Crippen molar-refractivity contribution in [1.82, 2.24) is 0 Å². The third kappa shape index (κ3) is 16.2. The van der Waals surface area contributed by atoms with E-state index in [1.54, 1.807) is 0 Å². The lowest BCUT2D eigenvalue weighted by Gasteiger charge is -2.18. The predicted octanol–water partition coefficient (Wildman–Crippen LogP) is 3.48. The largest absolute Gasteiger partial charge is 0.396 e. The van der Waals surface area contributed by atoms with E-state index in [1.165, 1.54) is 83.5 Å². The van der Waals surface area contributed by atoms with Crippen LogP contribution in [0.5, 0.6) is 0 Å². The molecule has 4 atom stereocenters. The van der Waals surface area contributed by atoms with Crippen LogP contribution >= 0.6 is 0 Å². The number of aliphatic hydroxyl groups excluding tert-OH is 5. The molecule has 0 aromatic rings. The number of hydrogen-bond acceptors (Lipinski definition) is 6. The van der Waals surface area contributed by atoms with E-state index < -0.39 is 31.0 Å². The zero-order chi connectivity index (χ0) is 22.5. The fourth-order valence-corrected chi connectivity index (χ4v) is 3.43. The highest BCUT2D eigenvalue weighted by Crippen LogP contribution is 2.17. The highest BCUT2D eigenvalue weighted by Gasteiger charge is 2.38. The molecule has 6 heteroatoms. The van der Waals surface area contributed by atoms with Gasteiger partial charge in [0.15, 0.2) is 0 Å². The van der Waals surface area contributed by atoms with Crippen molar-refractivity contribution in [2.75, 3.05) is 19.8 Å². The van der Waals surface area contributed by atoms with Crippen molar-refractivity contribution in [1.29, 1.82) is 0 Å². The lowest BCUT2D eigenvalue weighted by Crippen LogP contribution is -2.40. The van der Waals surface area contributed by atoms with Crippen molar-refractivity contribution in [3.05, 3.63) is 12.2 Å². The van der Waals surface area contributed by atoms with Crippen LogP contribution in [-0.4, -0.2) is 69.8 Å². The number of allylic oxidation sites excluding steroid dienone is 2. The number of unbranched alkanes of at least 4 members (excludes halogenated alkanes) is 12. The number of aliphatic hydroxyl groups is 5. The third-order valence-electron chi connectivity index (χ3n) is 5.43. The van der Waals surface area contributed by atoms with Crippen molar-refractivity contribution in [2.24, 2.45) is 0 Å². The van der Waals surface area contributed by atoms with Gasteiger partial charge < -0.3 is 30.3 Å². The average molecular weight is 433 g/mol. The SMILES string of the molecule is CCCCCCCCC=CCCCCCCCCO.OC[C@@H](O)[C@H]1OC[C@H](O)[C@H]1O. The molecule has 0 amide bonds. The zero-order valence-electron chi connectivity index (χ0n) is 19.1. The monoisotopic (exact) mass is 432 g/mol. The Morgan fingerprint density at radius 3 is 1.73 bits per heavy atom. The third-order valence-corrected chi connectivity index (χ3v) is 5.43. The maximum Gasteiger partial charge on any atom is 0.114 e. The normalized spacial score (nSPS) is 22.3. The molecule has 1 fully saturated rings. The first-order valence-corrected chi connectivity index (χ1v) is 12.1. The van der Waals surface area contributed by atoms with E-state index in [4.69, 9.17) is 30.3 Å². The molecule has 0 aromatic carbocycles. The Kier molecular flexibility index (Phi) is 21.4. The van der Waals surface area contributed by atoms with Gasteiger partial charge in [-0.2, -0.15) is 0 Å². The van der Waals surface area contributed by atoms with Crippen molar-refractivity contribution in [3.63, 3.8) is 0 Å². The van der Waals surface area contributed by atoms with Crippen molar-refractivity contribution in [3.8, 4) is 0 Å². The summed E-state index contributed by atoms with van der Waals surface area (Å²) in [5, 5.41) is 44.2. The number of ether oxygens (including phenoxy) is 1. The van der Waals surface area contributed by atoms with Gasteiger partial charge in [-0.3, -0.25) is 0 Å². The zero-order valence-corrected chi connectivity index (χ0v) is 19.1. The lowest BCUT2D eigenvalue weighted by molar-refractivity contribution is -0.0684. The topological polar surface area (TPSA) is 110 Å². The number of rotatable bonds is 17. The molecule has 180 valence electrons. The minimum Gasteiger partial charge on any atom is -0.396 e. The fourth-order valence-electron chi connectivity index (χ4n) is 3.43. The molecular weight excluding hydrogens is 384 g/mol. The summed E-state index contributed by atoms with van der Waals surface area (Å²) in [5.41, 5.74) is 0. The molecule has 1 saturated heterocycles. The van der Waals surface area contributed by atoms with Crippen LogP contribution in [0.4, 0.5) is 0 Å². The molecule has 0 spiro atoms. The first-order chi connectivity index (χ1) is 14.6. The Morgan fingerprint density at radius 1 is 0.800 bits per heavy atom. The Balaban J connectivity index is 0.000000642. The van der Waals surface area contributed by atoms with Gasteiger partial charge >= 0.3 is 0 Å². The molecule has 1 rings (SSSR count). The predicted molar refractivity (Wildman–Crippen MR) is 121 cm³/mol. The maximum atomic E-state index is 9.11. The summed E-state index contributed by atoms with van der Waals surface area (Å²) >= 11 is 0.